The van der Waals surface area contributed by atoms with Gasteiger partial charge >= 0.3 is 0 Å². The lowest BCUT2D eigenvalue weighted by Crippen LogP contribution is -2.32. The first-order chi connectivity index (χ1) is 11.2. The lowest BCUT2D eigenvalue weighted by atomic mass is 10.2. The van der Waals surface area contributed by atoms with E-state index < -0.39 is 0 Å². The molecule has 4 rings (SSSR count). The van der Waals surface area contributed by atoms with Crippen molar-refractivity contribution in [2.75, 3.05) is 0 Å². The summed E-state index contributed by atoms with van der Waals surface area (Å²) in [6.45, 7) is -0.0344. The van der Waals surface area contributed by atoms with Crippen molar-refractivity contribution in [2.24, 2.45) is 0 Å². The molecule has 0 aliphatic carbocycles. The molecule has 7 nitrogen and oxygen atoms in total. The molecule has 0 aliphatic rings. The van der Waals surface area contributed by atoms with E-state index in [0.29, 0.717) is 21.8 Å². The van der Waals surface area contributed by atoms with Crippen molar-refractivity contribution < 1.29 is 0 Å². The lowest BCUT2D eigenvalue weighted by molar-refractivity contribution is 0.487. The summed E-state index contributed by atoms with van der Waals surface area (Å²) in [5.41, 5.74) is 0.622. The summed E-state index contributed by atoms with van der Waals surface area (Å²) in [5, 5.41) is 8.86. The molecule has 0 unspecified atom stereocenters. The third-order valence-corrected chi connectivity index (χ3v) is 3.65. The molecule has 0 amide bonds. The molecule has 0 N–H and O–H groups in total. The molecule has 0 radical (unpaired) electrons. The molecular formula is C16H11N5O2. The van der Waals surface area contributed by atoms with Crippen LogP contribution >= 0.6 is 0 Å². The zero-order chi connectivity index (χ0) is 15.8. The van der Waals surface area contributed by atoms with Gasteiger partial charge in [-0.2, -0.15) is 4.68 Å². The predicted molar refractivity (Wildman–Crippen MR) is 85.2 cm³/mol. The van der Waals surface area contributed by atoms with Crippen LogP contribution in [0.3, 0.4) is 0 Å². The minimum atomic E-state index is -0.296. The summed E-state index contributed by atoms with van der Waals surface area (Å²) in [6.07, 6.45) is 1.41. The minimum absolute atomic E-state index is 0.0344. The van der Waals surface area contributed by atoms with Gasteiger partial charge in [0.2, 0.25) is 0 Å². The van der Waals surface area contributed by atoms with E-state index in [4.69, 9.17) is 0 Å². The maximum absolute atomic E-state index is 12.5. The standard InChI is InChI=1S/C16H11N5O2/c22-15-11-5-1-3-7-13(11)17-9-20(15)10-21-16(23)12-6-2-4-8-14(12)18-19-21/h1-9H,10H2. The van der Waals surface area contributed by atoms with Crippen molar-refractivity contribution in [3.05, 3.63) is 75.6 Å². The van der Waals surface area contributed by atoms with Gasteiger partial charge in [0.05, 0.1) is 22.6 Å². The van der Waals surface area contributed by atoms with Crippen LogP contribution in [0.15, 0.2) is 64.4 Å². The van der Waals surface area contributed by atoms with Gasteiger partial charge < -0.3 is 0 Å². The Morgan fingerprint density at radius 2 is 1.48 bits per heavy atom. The quantitative estimate of drug-likeness (QED) is 0.552. The molecule has 0 spiro atoms. The molecular weight excluding hydrogens is 294 g/mol. The molecule has 4 aromatic rings. The Labute approximate surface area is 129 Å². The fourth-order valence-electron chi connectivity index (χ4n) is 2.47. The van der Waals surface area contributed by atoms with Crippen LogP contribution in [0.4, 0.5) is 0 Å². The average molecular weight is 305 g/mol. The first kappa shape index (κ1) is 13.3. The Morgan fingerprint density at radius 3 is 2.26 bits per heavy atom. The second-order valence-corrected chi connectivity index (χ2v) is 5.09. The highest BCUT2D eigenvalue weighted by atomic mass is 16.1. The molecule has 0 atom stereocenters. The first-order valence-electron chi connectivity index (χ1n) is 7.01. The van der Waals surface area contributed by atoms with Gasteiger partial charge in [0, 0.05) is 0 Å². The van der Waals surface area contributed by atoms with Gasteiger partial charge in [-0.1, -0.05) is 29.5 Å². The van der Waals surface area contributed by atoms with Crippen LogP contribution in [0.1, 0.15) is 0 Å². The van der Waals surface area contributed by atoms with Crippen molar-refractivity contribution in [3.63, 3.8) is 0 Å². The molecule has 0 bridgehead atoms. The zero-order valence-corrected chi connectivity index (χ0v) is 12.0. The Hall–Kier alpha value is -3.35. The highest BCUT2D eigenvalue weighted by Gasteiger charge is 2.08. The molecule has 0 saturated carbocycles. The second kappa shape index (κ2) is 5.13. The van der Waals surface area contributed by atoms with Crippen LogP contribution < -0.4 is 11.1 Å². The maximum Gasteiger partial charge on any atom is 0.279 e. The molecule has 2 aromatic carbocycles. The van der Waals surface area contributed by atoms with E-state index in [0.717, 1.165) is 4.68 Å². The third kappa shape index (κ3) is 2.18. The third-order valence-electron chi connectivity index (χ3n) is 3.65. The van der Waals surface area contributed by atoms with Gasteiger partial charge in [-0.25, -0.2) is 4.98 Å². The molecule has 2 aromatic heterocycles. The van der Waals surface area contributed by atoms with Gasteiger partial charge in [-0.15, -0.1) is 5.10 Å². The molecule has 23 heavy (non-hydrogen) atoms. The second-order valence-electron chi connectivity index (χ2n) is 5.09. The van der Waals surface area contributed by atoms with Crippen LogP contribution in [0.5, 0.6) is 0 Å². The zero-order valence-electron chi connectivity index (χ0n) is 12.0. The van der Waals surface area contributed by atoms with Gasteiger partial charge in [-0.05, 0) is 24.3 Å². The van der Waals surface area contributed by atoms with Crippen molar-refractivity contribution in [2.45, 2.75) is 6.67 Å². The van der Waals surface area contributed by atoms with E-state index in [-0.39, 0.29) is 17.8 Å². The molecule has 7 heteroatoms. The predicted octanol–water partition coefficient (Wildman–Crippen LogP) is 1.01. The summed E-state index contributed by atoms with van der Waals surface area (Å²) < 4.78 is 2.49. The van der Waals surface area contributed by atoms with Gasteiger partial charge in [0.15, 0.2) is 0 Å². The largest absolute Gasteiger partial charge is 0.279 e. The average Bonchev–Trinajstić information content (AvgIpc) is 2.60. The fraction of sp³-hybridized carbons (Fsp3) is 0.0625. The summed E-state index contributed by atoms with van der Waals surface area (Å²) in [5.74, 6) is 0. The number of fused-ring (bicyclic) bond motifs is 2. The number of nitrogens with zero attached hydrogens (tertiary/aromatic N) is 5. The molecule has 0 aliphatic heterocycles. The SMILES string of the molecule is O=c1c2ccccc2ncn1Cn1nnc2ccccc2c1=O. The van der Waals surface area contributed by atoms with E-state index in [2.05, 4.69) is 15.3 Å². The van der Waals surface area contributed by atoms with Crippen molar-refractivity contribution >= 4 is 21.8 Å². The van der Waals surface area contributed by atoms with Crippen molar-refractivity contribution in [1.82, 2.24) is 24.5 Å². The summed E-state index contributed by atoms with van der Waals surface area (Å²) >= 11 is 0. The monoisotopic (exact) mass is 305 g/mol. The smallest absolute Gasteiger partial charge is 0.278 e. The molecule has 0 fully saturated rings. The van der Waals surface area contributed by atoms with Gasteiger partial charge in [0.25, 0.3) is 11.1 Å². The van der Waals surface area contributed by atoms with Crippen LogP contribution in [-0.2, 0) is 6.67 Å². The highest BCUT2D eigenvalue weighted by molar-refractivity contribution is 5.77. The van der Waals surface area contributed by atoms with Gasteiger partial charge in [0.1, 0.15) is 12.2 Å². The Kier molecular flexibility index (Phi) is 2.97. The summed E-state index contributed by atoms with van der Waals surface area (Å²) in [4.78, 5) is 29.1. The molecule has 112 valence electrons. The maximum atomic E-state index is 12.5. The van der Waals surface area contributed by atoms with Crippen LogP contribution in [0, 0.1) is 0 Å². The minimum Gasteiger partial charge on any atom is -0.278 e. The Morgan fingerprint density at radius 1 is 0.826 bits per heavy atom. The van der Waals surface area contributed by atoms with Crippen LogP contribution in [0.25, 0.3) is 21.8 Å². The summed E-state index contributed by atoms with van der Waals surface area (Å²) in [6, 6.07) is 14.0. The van der Waals surface area contributed by atoms with Crippen molar-refractivity contribution in [3.8, 4) is 0 Å². The van der Waals surface area contributed by atoms with Gasteiger partial charge in [-0.3, -0.25) is 14.2 Å². The number of rotatable bonds is 2. The van der Waals surface area contributed by atoms with E-state index in [1.54, 1.807) is 42.5 Å². The molecule has 0 saturated heterocycles. The number of hydrogen-bond donors (Lipinski definition) is 0. The molecule has 2 heterocycles. The van der Waals surface area contributed by atoms with Crippen molar-refractivity contribution in [1.29, 1.82) is 0 Å². The first-order valence-corrected chi connectivity index (χ1v) is 7.01. The number of benzene rings is 2. The highest BCUT2D eigenvalue weighted by Crippen LogP contribution is 2.05. The summed E-state index contributed by atoms with van der Waals surface area (Å²) in [7, 11) is 0. The van der Waals surface area contributed by atoms with Crippen LogP contribution in [-0.4, -0.2) is 24.5 Å². The van der Waals surface area contributed by atoms with E-state index in [9.17, 15) is 9.59 Å². The Bertz CT molecular complexity index is 1050. The normalized spacial score (nSPS) is 11.1. The fourth-order valence-corrected chi connectivity index (χ4v) is 2.47. The number of hydrogen-bond acceptors (Lipinski definition) is 5. The lowest BCUT2D eigenvalue weighted by Gasteiger charge is -2.08. The number of aromatic nitrogens is 5. The van der Waals surface area contributed by atoms with Crippen LogP contribution in [0.2, 0.25) is 0 Å². The van der Waals surface area contributed by atoms with E-state index in [1.165, 1.54) is 10.9 Å². The number of para-hydroxylation sites is 1. The Balaban J connectivity index is 1.85. The van der Waals surface area contributed by atoms with E-state index in [1.807, 2.05) is 6.07 Å². The topological polar surface area (TPSA) is 82.7 Å². The van der Waals surface area contributed by atoms with E-state index >= 15 is 0 Å².